The highest BCUT2D eigenvalue weighted by molar-refractivity contribution is 7.20. The summed E-state index contributed by atoms with van der Waals surface area (Å²) in [5.74, 6) is -0.00801. The number of halogens is 24. The number of rotatable bonds is 7. The van der Waals surface area contributed by atoms with Crippen LogP contribution < -0.4 is 26.4 Å². The maximum atomic E-state index is 14.2. The Labute approximate surface area is 391 Å². The van der Waals surface area contributed by atoms with Crippen molar-refractivity contribution in [3.8, 4) is 0 Å². The third-order valence-electron chi connectivity index (χ3n) is 10.6. The minimum absolute atomic E-state index is 0.00801. The van der Waals surface area contributed by atoms with E-state index in [0.29, 0.717) is 6.54 Å². The predicted octanol–water partition coefficient (Wildman–Crippen LogP) is 12.5. The van der Waals surface area contributed by atoms with Crippen molar-refractivity contribution in [2.45, 2.75) is 56.0 Å². The fourth-order valence-corrected chi connectivity index (χ4v) is 7.52. The van der Waals surface area contributed by atoms with Crippen LogP contribution in [0.3, 0.4) is 0 Å². The number of hydrogen-bond donors (Lipinski definition) is 0. The molecule has 30 heteroatoms. The molecule has 5 aromatic carbocycles. The van der Waals surface area contributed by atoms with Crippen LogP contribution in [-0.4, -0.2) is 16.1 Å². The highest BCUT2D eigenvalue weighted by atomic mass is 19.4. The summed E-state index contributed by atoms with van der Waals surface area (Å²) in [6.45, 7) is 0.472. The Morgan fingerprint density at radius 2 is 0.658 bits per heavy atom. The van der Waals surface area contributed by atoms with Gasteiger partial charge in [-0.25, -0.2) is 4.98 Å². The van der Waals surface area contributed by atoms with Gasteiger partial charge in [-0.2, -0.15) is 127 Å². The van der Waals surface area contributed by atoms with Crippen LogP contribution in [0.25, 0.3) is 0 Å². The molecule has 0 saturated heterocycles. The van der Waals surface area contributed by atoms with Crippen molar-refractivity contribution < 1.29 is 115 Å². The summed E-state index contributed by atoms with van der Waals surface area (Å²) in [6, 6.07) is 0.768. The zero-order chi connectivity index (χ0) is 55.3. The van der Waals surface area contributed by atoms with Gasteiger partial charge in [0.15, 0.2) is 18.9 Å². The zero-order valence-corrected chi connectivity index (χ0v) is 35.1. The van der Waals surface area contributed by atoms with Crippen molar-refractivity contribution in [2.24, 2.45) is 0 Å². The lowest BCUT2D eigenvalue weighted by Crippen LogP contribution is -2.75. The molecule has 0 N–H and O–H groups in total. The third kappa shape index (κ3) is 13.1. The van der Waals surface area contributed by atoms with Crippen LogP contribution in [0.5, 0.6) is 0 Å². The standard InChI is InChI=1S/C32H12BF24.C11H10N3O2/c34-25(35,36)13-1-14(26(37,38)39)6-21(5-13)33(22-7-15(27(40,41)42)2-16(8-22)28(43,44)45,23-9-17(29(46,47)48)3-18(10-23)30(49,50)51)24-11-19(31(52,53)54)4-20(12-24)32(55,56)57;15-14(16)11-8-12-6-7-13(11)9-10-4-2-1-3-5-10/h1-12H;1-8H,9H2/q-1;+1. The maximum absolute atomic E-state index is 14.2. The Hall–Kier alpha value is -7.04. The molecule has 0 aliphatic heterocycles. The fourth-order valence-electron chi connectivity index (χ4n) is 7.52. The van der Waals surface area contributed by atoms with E-state index in [2.05, 4.69) is 4.98 Å². The van der Waals surface area contributed by atoms with Gasteiger partial charge in [-0.1, -0.05) is 78.9 Å². The lowest BCUT2D eigenvalue weighted by molar-refractivity contribution is -0.729. The average Bonchev–Trinajstić information content (AvgIpc) is 3.24. The van der Waals surface area contributed by atoms with Crippen LogP contribution in [-0.2, 0) is 56.0 Å². The largest absolute Gasteiger partial charge is 0.520 e. The molecule has 392 valence electrons. The summed E-state index contributed by atoms with van der Waals surface area (Å²) in [6.07, 6.45) is -50.4. The first-order chi connectivity index (χ1) is 33.0. The molecule has 0 amide bonds. The van der Waals surface area contributed by atoms with Crippen molar-refractivity contribution in [1.82, 2.24) is 4.98 Å². The van der Waals surface area contributed by atoms with Crippen LogP contribution in [0.1, 0.15) is 50.1 Å². The lowest BCUT2D eigenvalue weighted by atomic mass is 9.12. The lowest BCUT2D eigenvalue weighted by Gasteiger charge is -2.46. The Morgan fingerprint density at radius 1 is 0.411 bits per heavy atom. The van der Waals surface area contributed by atoms with Crippen molar-refractivity contribution in [2.75, 3.05) is 0 Å². The van der Waals surface area contributed by atoms with E-state index in [4.69, 9.17) is 0 Å². The predicted molar refractivity (Wildman–Crippen MR) is 207 cm³/mol. The van der Waals surface area contributed by atoms with Gasteiger partial charge in [0.25, 0.3) is 0 Å². The molecule has 1 aromatic heterocycles. The average molecular weight is 1080 g/mol. The molecule has 0 spiro atoms. The monoisotopic (exact) mass is 1080 g/mol. The van der Waals surface area contributed by atoms with E-state index in [9.17, 15) is 115 Å². The number of nitrogens with zero attached hydrogens (tertiary/aromatic N) is 3. The van der Waals surface area contributed by atoms with Crippen LogP contribution >= 0.6 is 0 Å². The van der Waals surface area contributed by atoms with Gasteiger partial charge in [0.2, 0.25) is 0 Å². The first kappa shape index (κ1) is 56.9. The molecule has 0 aliphatic carbocycles. The van der Waals surface area contributed by atoms with E-state index < -0.39 is 200 Å². The normalized spacial score (nSPS) is 13.4. The minimum atomic E-state index is -6.13. The number of aromatic nitrogens is 2. The van der Waals surface area contributed by atoms with Gasteiger partial charge in [0.1, 0.15) is 11.1 Å². The molecular formula is C43H22BF24N3O2. The Kier molecular flexibility index (Phi) is 15.1. The summed E-state index contributed by atoms with van der Waals surface area (Å²) >= 11 is 0. The fraction of sp³-hybridized carbons (Fsp3) is 0.209. The second-order valence-electron chi connectivity index (χ2n) is 15.5. The third-order valence-corrected chi connectivity index (χ3v) is 10.6. The molecule has 0 radical (unpaired) electrons. The summed E-state index contributed by atoms with van der Waals surface area (Å²) in [5, 5.41) is 10.8. The molecule has 0 fully saturated rings. The Morgan fingerprint density at radius 3 is 0.877 bits per heavy atom. The SMILES string of the molecule is FC(F)(F)c1cc([B-](c2cc(C(F)(F)F)cc(C(F)(F)F)c2)(c2cc(C(F)(F)F)cc(C(F)(F)F)c2)c2cc(C(F)(F)F)cc(C(F)(F)F)c2)cc(C(F)(F)F)c1.O=[N+]([O-])c1cncc[n+]1Cc1ccccc1. The molecule has 6 aromatic rings. The first-order valence-corrected chi connectivity index (χ1v) is 19.4. The summed E-state index contributed by atoms with van der Waals surface area (Å²) in [7, 11) is 0. The number of alkyl halides is 24. The van der Waals surface area contributed by atoms with Crippen LogP contribution in [0, 0.1) is 10.1 Å². The van der Waals surface area contributed by atoms with Crippen LogP contribution in [0.4, 0.5) is 111 Å². The molecule has 73 heavy (non-hydrogen) atoms. The summed E-state index contributed by atoms with van der Waals surface area (Å²) in [4.78, 5) is 14.1. The van der Waals surface area contributed by atoms with E-state index in [1.54, 1.807) is 10.8 Å². The molecular weight excluding hydrogens is 1060 g/mol. The molecule has 0 atom stereocenters. The Balaban J connectivity index is 0.000000520. The first-order valence-electron chi connectivity index (χ1n) is 19.4. The van der Waals surface area contributed by atoms with Crippen LogP contribution in [0.15, 0.2) is 122 Å². The van der Waals surface area contributed by atoms with E-state index >= 15 is 0 Å². The van der Waals surface area contributed by atoms with Gasteiger partial charge in [-0.15, -0.1) is 4.57 Å². The van der Waals surface area contributed by atoms with Gasteiger partial charge in [0, 0.05) is 5.56 Å². The smallest absolute Gasteiger partial charge is 0.253 e. The maximum Gasteiger partial charge on any atom is 0.520 e. The minimum Gasteiger partial charge on any atom is -0.253 e. The second-order valence-corrected chi connectivity index (χ2v) is 15.5. The van der Waals surface area contributed by atoms with Crippen molar-refractivity contribution in [1.29, 1.82) is 0 Å². The quantitative estimate of drug-likeness (QED) is 0.0526. The highest BCUT2D eigenvalue weighted by Crippen LogP contribution is 2.41. The summed E-state index contributed by atoms with van der Waals surface area (Å²) < 4.78 is 342. The van der Waals surface area contributed by atoms with Gasteiger partial charge >= 0.3 is 55.2 Å². The van der Waals surface area contributed by atoms with Gasteiger partial charge < -0.3 is 0 Å². The molecule has 0 unspecified atom stereocenters. The highest BCUT2D eigenvalue weighted by Gasteiger charge is 2.47. The molecule has 5 nitrogen and oxygen atoms in total. The van der Waals surface area contributed by atoms with Gasteiger partial charge in [0.05, 0.1) is 50.7 Å². The van der Waals surface area contributed by atoms with Crippen molar-refractivity contribution in [3.05, 3.63) is 182 Å². The molecule has 0 saturated carbocycles. The van der Waals surface area contributed by atoms with Crippen molar-refractivity contribution in [3.63, 3.8) is 0 Å². The number of benzene rings is 5. The van der Waals surface area contributed by atoms with Gasteiger partial charge in [-0.05, 0) is 24.3 Å². The molecule has 6 rings (SSSR count). The molecule has 1 heterocycles. The topological polar surface area (TPSA) is 59.9 Å². The summed E-state index contributed by atoms with van der Waals surface area (Å²) in [5.41, 5.74) is -29.2. The van der Waals surface area contributed by atoms with E-state index in [-0.39, 0.29) is 5.82 Å². The molecule has 0 bridgehead atoms. The van der Waals surface area contributed by atoms with E-state index in [1.807, 2.05) is 30.3 Å². The van der Waals surface area contributed by atoms with Crippen LogP contribution in [0.2, 0.25) is 0 Å². The van der Waals surface area contributed by atoms with E-state index in [0.717, 1.165) is 5.56 Å². The van der Waals surface area contributed by atoms with Gasteiger partial charge in [-0.3, -0.25) is 10.1 Å². The zero-order valence-electron chi connectivity index (χ0n) is 35.1. The molecule has 0 aliphatic rings. The Bertz CT molecular complexity index is 2530. The second kappa shape index (κ2) is 19.4. The number of hydrogen-bond acceptors (Lipinski definition) is 3. The number of nitro groups is 1. The van der Waals surface area contributed by atoms with Crippen molar-refractivity contribution >= 4 is 33.8 Å². The van der Waals surface area contributed by atoms with E-state index in [1.165, 1.54) is 12.4 Å².